The Labute approximate surface area is 302 Å². The second kappa shape index (κ2) is 10.5. The van der Waals surface area contributed by atoms with Gasteiger partial charge in [-0.25, -0.2) is 0 Å². The molecule has 0 radical (unpaired) electrons. The van der Waals surface area contributed by atoms with Crippen molar-refractivity contribution in [2.75, 3.05) is 0 Å². The number of fused-ring (bicyclic) bond motifs is 15. The van der Waals surface area contributed by atoms with E-state index in [9.17, 15) is 0 Å². The van der Waals surface area contributed by atoms with Crippen molar-refractivity contribution in [1.29, 1.82) is 0 Å². The summed E-state index contributed by atoms with van der Waals surface area (Å²) in [5, 5.41) is 17.7. The summed E-state index contributed by atoms with van der Waals surface area (Å²) in [6, 6.07) is 62.6. The highest BCUT2D eigenvalue weighted by Crippen LogP contribution is 2.45. The predicted molar refractivity (Wildman–Crippen MR) is 225 cm³/mol. The molecule has 0 aliphatic heterocycles. The van der Waals surface area contributed by atoms with Gasteiger partial charge in [-0.05, 0) is 125 Å². The fourth-order valence-corrected chi connectivity index (χ4v) is 9.94. The highest BCUT2D eigenvalue weighted by molar-refractivity contribution is 7.25. The van der Waals surface area contributed by atoms with Crippen molar-refractivity contribution in [1.82, 2.24) is 0 Å². The van der Waals surface area contributed by atoms with Crippen LogP contribution in [0.5, 0.6) is 0 Å². The van der Waals surface area contributed by atoms with Gasteiger partial charge in [0.15, 0.2) is 0 Å². The first kappa shape index (κ1) is 28.2. The minimum Gasteiger partial charge on any atom is -0.456 e. The number of hydrogen-bond donors (Lipinski definition) is 0. The molecule has 0 N–H and O–H groups in total. The highest BCUT2D eigenvalue weighted by atomic mass is 32.1. The lowest BCUT2D eigenvalue weighted by molar-refractivity contribution is 0.669. The summed E-state index contributed by atoms with van der Waals surface area (Å²) in [5.74, 6) is 0. The Morgan fingerprint density at radius 2 is 0.827 bits per heavy atom. The van der Waals surface area contributed by atoms with Crippen molar-refractivity contribution in [2.45, 2.75) is 0 Å². The molecule has 10 aromatic carbocycles. The zero-order valence-corrected chi connectivity index (χ0v) is 28.8. The van der Waals surface area contributed by atoms with E-state index in [2.05, 4.69) is 164 Å². The van der Waals surface area contributed by atoms with Crippen LogP contribution in [0.3, 0.4) is 0 Å². The van der Waals surface area contributed by atoms with Crippen molar-refractivity contribution in [3.05, 3.63) is 170 Å². The Morgan fingerprint density at radius 1 is 0.308 bits per heavy atom. The molecule has 0 saturated heterocycles. The summed E-state index contributed by atoms with van der Waals surface area (Å²) < 4.78 is 8.96. The zero-order chi connectivity index (χ0) is 33.9. The van der Waals surface area contributed by atoms with E-state index in [1.807, 2.05) is 17.4 Å². The molecule has 2 heterocycles. The molecule has 240 valence electrons. The molecule has 0 fully saturated rings. The molecule has 0 unspecified atom stereocenters. The van der Waals surface area contributed by atoms with Gasteiger partial charge in [0.05, 0.1) is 0 Å². The second-order valence-corrected chi connectivity index (χ2v) is 15.1. The van der Waals surface area contributed by atoms with Crippen LogP contribution < -0.4 is 0 Å². The molecule has 12 aromatic rings. The molecule has 52 heavy (non-hydrogen) atoms. The summed E-state index contributed by atoms with van der Waals surface area (Å²) in [6.07, 6.45) is 0. The molecule has 0 amide bonds. The minimum absolute atomic E-state index is 0.929. The lowest BCUT2D eigenvalue weighted by atomic mass is 9.90. The molecule has 0 aliphatic carbocycles. The number of benzene rings is 10. The summed E-state index contributed by atoms with van der Waals surface area (Å²) in [6.45, 7) is 0. The highest BCUT2D eigenvalue weighted by Gasteiger charge is 2.17. The van der Waals surface area contributed by atoms with E-state index in [0.717, 1.165) is 16.6 Å². The molecule has 0 aliphatic rings. The Morgan fingerprint density at radius 3 is 1.58 bits per heavy atom. The van der Waals surface area contributed by atoms with Crippen molar-refractivity contribution < 1.29 is 4.42 Å². The number of hydrogen-bond acceptors (Lipinski definition) is 2. The zero-order valence-electron chi connectivity index (χ0n) is 28.0. The average Bonchev–Trinajstić information content (AvgIpc) is 3.77. The summed E-state index contributed by atoms with van der Waals surface area (Å²) >= 11 is 1.88. The first-order chi connectivity index (χ1) is 25.8. The third-order valence-corrected chi connectivity index (χ3v) is 12.4. The van der Waals surface area contributed by atoms with Crippen LogP contribution in [0, 0.1) is 0 Å². The Bertz CT molecular complexity index is 3400. The molecule has 0 saturated carbocycles. The van der Waals surface area contributed by atoms with Crippen LogP contribution in [0.25, 0.3) is 118 Å². The van der Waals surface area contributed by atoms with Crippen LogP contribution in [0.2, 0.25) is 0 Å². The predicted octanol–water partition coefficient (Wildman–Crippen LogP) is 15.1. The van der Waals surface area contributed by atoms with Crippen LogP contribution in [0.15, 0.2) is 174 Å². The maximum absolute atomic E-state index is 6.33. The number of rotatable bonds is 2. The smallest absolute Gasteiger partial charge is 0.136 e. The van der Waals surface area contributed by atoms with Gasteiger partial charge in [0.1, 0.15) is 11.2 Å². The summed E-state index contributed by atoms with van der Waals surface area (Å²) in [5.41, 5.74) is 6.89. The maximum Gasteiger partial charge on any atom is 0.136 e. The van der Waals surface area contributed by atoms with Gasteiger partial charge >= 0.3 is 0 Å². The van der Waals surface area contributed by atoms with Gasteiger partial charge in [0, 0.05) is 36.3 Å². The van der Waals surface area contributed by atoms with Crippen LogP contribution >= 0.6 is 11.3 Å². The fraction of sp³-hybridized carbons (Fsp3) is 0. The third-order valence-electron chi connectivity index (χ3n) is 11.2. The van der Waals surface area contributed by atoms with Crippen LogP contribution in [0.4, 0.5) is 0 Å². The molecule has 1 nitrogen and oxygen atoms in total. The van der Waals surface area contributed by atoms with Crippen molar-refractivity contribution in [3.63, 3.8) is 0 Å². The normalized spacial score (nSPS) is 12.2. The molecule has 12 rings (SSSR count). The first-order valence-electron chi connectivity index (χ1n) is 17.8. The maximum atomic E-state index is 6.33. The van der Waals surface area contributed by atoms with Crippen LogP contribution in [-0.2, 0) is 0 Å². The Hall–Kier alpha value is -6.48. The van der Waals surface area contributed by atoms with Crippen LogP contribution in [0.1, 0.15) is 0 Å². The van der Waals surface area contributed by atoms with Crippen molar-refractivity contribution >= 4 is 107 Å². The monoisotopic (exact) mass is 676 g/mol. The summed E-state index contributed by atoms with van der Waals surface area (Å²) in [4.78, 5) is 0. The number of para-hydroxylation sites is 1. The molecule has 0 spiro atoms. The summed E-state index contributed by atoms with van der Waals surface area (Å²) in [7, 11) is 0. The van der Waals surface area contributed by atoms with Gasteiger partial charge in [-0.15, -0.1) is 11.3 Å². The van der Waals surface area contributed by atoms with Gasteiger partial charge in [0.2, 0.25) is 0 Å². The largest absolute Gasteiger partial charge is 0.456 e. The van der Waals surface area contributed by atoms with Gasteiger partial charge in [-0.3, -0.25) is 0 Å². The van der Waals surface area contributed by atoms with Crippen molar-refractivity contribution in [3.8, 4) is 22.3 Å². The molecule has 0 atom stereocenters. The molecule has 0 bridgehead atoms. The SMILES string of the molecule is c1ccc2c(-c3ccc4sc5ccc(-c6ccc7c(c6)c6ccccc6c6c7ccc7oc8ccccc8c76)cc5c4c3)c3ccccc3cc2c1. The lowest BCUT2D eigenvalue weighted by Crippen LogP contribution is -1.86. The molecule has 2 heteroatoms. The fourth-order valence-electron chi connectivity index (χ4n) is 8.88. The molecular weight excluding hydrogens is 649 g/mol. The van der Waals surface area contributed by atoms with E-state index in [0.29, 0.717) is 0 Å². The first-order valence-corrected chi connectivity index (χ1v) is 18.6. The average molecular weight is 677 g/mol. The van der Waals surface area contributed by atoms with Gasteiger partial charge in [-0.2, -0.15) is 0 Å². The topological polar surface area (TPSA) is 13.1 Å². The standard InChI is InChI=1S/C50H28OS/c1-3-11-34-31(9-1)25-32-10-2-4-12-35(32)48(34)33-19-24-47-43(28-33)42-27-30(18-23-46(42)52-47)29-17-20-37-39-21-22-45-50(40-15-7-8-16-44(40)51-45)49(39)38-14-6-5-13-36(38)41(37)26-29/h1-28H. The lowest BCUT2D eigenvalue weighted by Gasteiger charge is -2.13. The van der Waals surface area contributed by atoms with E-state index >= 15 is 0 Å². The van der Waals surface area contributed by atoms with Gasteiger partial charge < -0.3 is 4.42 Å². The van der Waals surface area contributed by atoms with Crippen LogP contribution in [-0.4, -0.2) is 0 Å². The number of furan rings is 1. The number of thiophene rings is 1. The van der Waals surface area contributed by atoms with E-state index < -0.39 is 0 Å². The quantitative estimate of drug-likeness (QED) is 0.131. The van der Waals surface area contributed by atoms with E-state index in [-0.39, 0.29) is 0 Å². The van der Waals surface area contributed by atoms with Crippen molar-refractivity contribution in [2.24, 2.45) is 0 Å². The Balaban J connectivity index is 1.07. The van der Waals surface area contributed by atoms with E-state index in [4.69, 9.17) is 4.42 Å². The molecular formula is C50H28OS. The van der Waals surface area contributed by atoms with Gasteiger partial charge in [-0.1, -0.05) is 115 Å². The molecule has 2 aromatic heterocycles. The second-order valence-electron chi connectivity index (χ2n) is 14.0. The van der Waals surface area contributed by atoms with E-state index in [1.165, 1.54) is 102 Å². The van der Waals surface area contributed by atoms with Gasteiger partial charge in [0.25, 0.3) is 0 Å². The third kappa shape index (κ3) is 3.93. The Kier molecular flexibility index (Phi) is 5.71. The van der Waals surface area contributed by atoms with E-state index in [1.54, 1.807) is 0 Å². The minimum atomic E-state index is 0.929.